The fraction of sp³-hybridized carbons (Fsp3) is 0.278. The Morgan fingerprint density at radius 3 is 2.79 bits per heavy atom. The Kier molecular flexibility index (Phi) is 5.50. The van der Waals surface area contributed by atoms with Gasteiger partial charge in [-0.25, -0.2) is 0 Å². The number of anilines is 1. The molecule has 6 heteroatoms. The number of aliphatic hydroxyl groups excluding tert-OH is 1. The summed E-state index contributed by atoms with van der Waals surface area (Å²) in [6, 6.07) is 15.2. The molecule has 0 fully saturated rings. The molecule has 1 aliphatic rings. The second-order valence-corrected chi connectivity index (χ2v) is 6.53. The summed E-state index contributed by atoms with van der Waals surface area (Å²) in [5.74, 6) is -0.127. The average Bonchev–Trinajstić information content (AvgIpc) is 2.59. The van der Waals surface area contributed by atoms with Gasteiger partial charge >= 0.3 is 0 Å². The Morgan fingerprint density at radius 1 is 1.25 bits per heavy atom. The molecule has 0 unspecified atom stereocenters. The van der Waals surface area contributed by atoms with Gasteiger partial charge in [-0.2, -0.15) is 0 Å². The van der Waals surface area contributed by atoms with E-state index in [4.69, 9.17) is 9.47 Å². The summed E-state index contributed by atoms with van der Waals surface area (Å²) in [6.07, 6.45) is -0.778. The molecule has 126 valence electrons. The van der Waals surface area contributed by atoms with E-state index in [1.807, 2.05) is 36.4 Å². The van der Waals surface area contributed by atoms with Crippen LogP contribution in [0.15, 0.2) is 53.0 Å². The van der Waals surface area contributed by atoms with E-state index in [-0.39, 0.29) is 19.1 Å². The third-order valence-corrected chi connectivity index (χ3v) is 4.31. The summed E-state index contributed by atoms with van der Waals surface area (Å²) < 4.78 is 12.3. The first-order valence-corrected chi connectivity index (χ1v) is 8.46. The number of aliphatic hydroxyl groups is 1. The molecule has 0 bridgehead atoms. The van der Waals surface area contributed by atoms with E-state index in [1.165, 1.54) is 0 Å². The van der Waals surface area contributed by atoms with E-state index in [0.717, 1.165) is 10.0 Å². The minimum Gasteiger partial charge on any atom is -0.478 e. The molecule has 5 nitrogen and oxygen atoms in total. The Balaban J connectivity index is 1.63. The molecule has 2 N–H and O–H groups in total. The van der Waals surface area contributed by atoms with Crippen LogP contribution in [0.4, 0.5) is 5.69 Å². The van der Waals surface area contributed by atoms with Gasteiger partial charge in [0.05, 0.1) is 31.4 Å². The molecule has 1 amide bonds. The first-order chi connectivity index (χ1) is 11.7. The van der Waals surface area contributed by atoms with Crippen LogP contribution in [0.25, 0.3) is 0 Å². The van der Waals surface area contributed by atoms with Crippen LogP contribution in [0.3, 0.4) is 0 Å². The highest BCUT2D eigenvalue weighted by Crippen LogP contribution is 2.33. The van der Waals surface area contributed by atoms with Crippen molar-refractivity contribution in [1.29, 1.82) is 0 Å². The smallest absolute Gasteiger partial charge is 0.266 e. The lowest BCUT2D eigenvalue weighted by molar-refractivity contribution is -0.128. The van der Waals surface area contributed by atoms with Gasteiger partial charge in [-0.15, -0.1) is 0 Å². The fourth-order valence-electron chi connectivity index (χ4n) is 2.55. The topological polar surface area (TPSA) is 67.8 Å². The van der Waals surface area contributed by atoms with Crippen molar-refractivity contribution in [3.63, 3.8) is 0 Å². The van der Waals surface area contributed by atoms with Gasteiger partial charge in [-0.05, 0) is 23.8 Å². The van der Waals surface area contributed by atoms with Crippen LogP contribution in [-0.4, -0.2) is 30.3 Å². The maximum Gasteiger partial charge on any atom is 0.266 e. The summed E-state index contributed by atoms with van der Waals surface area (Å²) >= 11 is 3.36. The van der Waals surface area contributed by atoms with E-state index >= 15 is 0 Å². The number of hydrogen-bond acceptors (Lipinski definition) is 4. The number of hydrogen-bond donors (Lipinski definition) is 2. The van der Waals surface area contributed by atoms with Gasteiger partial charge in [0, 0.05) is 4.47 Å². The number of fused-ring (bicyclic) bond motifs is 1. The fourth-order valence-corrected chi connectivity index (χ4v) is 2.91. The third kappa shape index (κ3) is 3.95. The molecule has 0 saturated heterocycles. The lowest BCUT2D eigenvalue weighted by atomic mass is 10.0. The van der Waals surface area contributed by atoms with Crippen molar-refractivity contribution < 1.29 is 19.4 Å². The van der Waals surface area contributed by atoms with E-state index < -0.39 is 12.0 Å². The Bertz CT molecular complexity index is 707. The zero-order valence-electron chi connectivity index (χ0n) is 12.9. The van der Waals surface area contributed by atoms with Crippen LogP contribution in [0.1, 0.15) is 5.56 Å². The predicted molar refractivity (Wildman–Crippen MR) is 93.9 cm³/mol. The Labute approximate surface area is 148 Å². The zero-order valence-corrected chi connectivity index (χ0v) is 14.5. The molecule has 0 aliphatic carbocycles. The van der Waals surface area contributed by atoms with Crippen molar-refractivity contribution in [3.05, 3.63) is 58.6 Å². The monoisotopic (exact) mass is 391 g/mol. The van der Waals surface area contributed by atoms with Crippen LogP contribution >= 0.6 is 15.9 Å². The molecule has 3 rings (SSSR count). The number of carbonyl (C=O) groups excluding carboxylic acids is 1. The number of benzene rings is 2. The largest absolute Gasteiger partial charge is 0.478 e. The number of nitrogens with one attached hydrogen (secondary N) is 1. The maximum atomic E-state index is 12.3. The number of ether oxygens (including phenoxy) is 2. The number of halogens is 1. The summed E-state index contributed by atoms with van der Waals surface area (Å²) in [4.78, 5) is 12.3. The summed E-state index contributed by atoms with van der Waals surface area (Å²) in [7, 11) is 0. The van der Waals surface area contributed by atoms with E-state index in [9.17, 15) is 9.90 Å². The molecular formula is C18H18BrNO4. The number of carbonyl (C=O) groups is 1. The van der Waals surface area contributed by atoms with Crippen molar-refractivity contribution in [2.45, 2.75) is 12.7 Å². The number of rotatable bonds is 6. The van der Waals surface area contributed by atoms with Gasteiger partial charge in [-0.1, -0.05) is 46.3 Å². The van der Waals surface area contributed by atoms with Crippen molar-refractivity contribution in [2.24, 2.45) is 5.92 Å². The second-order valence-electron chi connectivity index (χ2n) is 5.61. The van der Waals surface area contributed by atoms with E-state index in [2.05, 4.69) is 21.2 Å². The second kappa shape index (κ2) is 7.79. The molecule has 2 aromatic rings. The van der Waals surface area contributed by atoms with Gasteiger partial charge in [0.25, 0.3) is 5.91 Å². The van der Waals surface area contributed by atoms with Crippen molar-refractivity contribution in [1.82, 2.24) is 0 Å². The van der Waals surface area contributed by atoms with Gasteiger partial charge < -0.3 is 19.9 Å². The molecule has 0 radical (unpaired) electrons. The summed E-state index contributed by atoms with van der Waals surface area (Å²) in [5, 5.41) is 12.5. The molecule has 0 saturated carbocycles. The third-order valence-electron chi connectivity index (χ3n) is 3.82. The van der Waals surface area contributed by atoms with Gasteiger partial charge in [-0.3, -0.25) is 4.79 Å². The normalized spacial score (nSPS) is 17.6. The Morgan fingerprint density at radius 2 is 2.04 bits per heavy atom. The minimum absolute atomic E-state index is 0.196. The van der Waals surface area contributed by atoms with Crippen LogP contribution in [0.2, 0.25) is 0 Å². The molecule has 2 aromatic carbocycles. The quantitative estimate of drug-likeness (QED) is 0.793. The maximum absolute atomic E-state index is 12.3. The molecule has 0 spiro atoms. The standard InChI is InChI=1S/C18H18BrNO4/c19-14-6-7-16-15(8-14)20-18(22)17(24-16)13(9-21)11-23-10-12-4-2-1-3-5-12/h1-8,13,17,21H,9-11H2,(H,20,22)/t13-,17-/m0/s1. The van der Waals surface area contributed by atoms with Crippen molar-refractivity contribution >= 4 is 27.5 Å². The Hall–Kier alpha value is -1.89. The van der Waals surface area contributed by atoms with Crippen LogP contribution < -0.4 is 10.1 Å². The van der Waals surface area contributed by atoms with Gasteiger partial charge in [0.2, 0.25) is 0 Å². The highest BCUT2D eigenvalue weighted by atomic mass is 79.9. The summed E-state index contributed by atoms with van der Waals surface area (Å²) in [6.45, 7) is 0.462. The molecule has 1 aliphatic heterocycles. The first kappa shape index (κ1) is 17.0. The molecule has 24 heavy (non-hydrogen) atoms. The molecule has 2 atom stereocenters. The van der Waals surface area contributed by atoms with Crippen molar-refractivity contribution in [2.75, 3.05) is 18.5 Å². The lowest BCUT2D eigenvalue weighted by Crippen LogP contribution is -2.45. The highest BCUT2D eigenvalue weighted by molar-refractivity contribution is 9.10. The van der Waals surface area contributed by atoms with Gasteiger partial charge in [0.15, 0.2) is 6.10 Å². The molecular weight excluding hydrogens is 374 g/mol. The lowest BCUT2D eigenvalue weighted by Gasteiger charge is -2.30. The minimum atomic E-state index is -0.778. The predicted octanol–water partition coefficient (Wildman–Crippen LogP) is 2.97. The number of amides is 1. The zero-order chi connectivity index (χ0) is 16.9. The van der Waals surface area contributed by atoms with E-state index in [1.54, 1.807) is 12.1 Å². The average molecular weight is 392 g/mol. The van der Waals surface area contributed by atoms with E-state index in [0.29, 0.717) is 18.0 Å². The van der Waals surface area contributed by atoms with Crippen LogP contribution in [0.5, 0.6) is 5.75 Å². The first-order valence-electron chi connectivity index (χ1n) is 7.67. The summed E-state index contributed by atoms with van der Waals surface area (Å²) in [5.41, 5.74) is 1.66. The van der Waals surface area contributed by atoms with Gasteiger partial charge in [0.1, 0.15) is 5.75 Å². The highest BCUT2D eigenvalue weighted by Gasteiger charge is 2.34. The molecule has 0 aromatic heterocycles. The van der Waals surface area contributed by atoms with Crippen LogP contribution in [-0.2, 0) is 16.1 Å². The SMILES string of the molecule is O=C1Nc2cc(Br)ccc2O[C@H]1[C@@H](CO)COCc1ccccc1. The molecule has 1 heterocycles. The van der Waals surface area contributed by atoms with Crippen molar-refractivity contribution in [3.8, 4) is 5.75 Å². The van der Waals surface area contributed by atoms with Crippen LogP contribution in [0, 0.1) is 5.92 Å².